The maximum atomic E-state index is 14.6. The quantitative estimate of drug-likeness (QED) is 0.457. The molecule has 3 aromatic rings. The summed E-state index contributed by atoms with van der Waals surface area (Å²) in [6, 6.07) is 13.4. The van der Waals surface area contributed by atoms with Gasteiger partial charge in [-0.05, 0) is 54.4 Å². The van der Waals surface area contributed by atoms with Gasteiger partial charge in [-0.2, -0.15) is 10.2 Å². The van der Waals surface area contributed by atoms with Crippen LogP contribution in [0.3, 0.4) is 0 Å². The number of amides is 1. The molecule has 2 aromatic carbocycles. The summed E-state index contributed by atoms with van der Waals surface area (Å²) in [6.45, 7) is 4.82. The Bertz CT molecular complexity index is 1200. The number of rotatable bonds is 7. The first-order chi connectivity index (χ1) is 16.4. The zero-order valence-corrected chi connectivity index (χ0v) is 19.1. The number of aromatic nitrogens is 2. The summed E-state index contributed by atoms with van der Waals surface area (Å²) < 4.78 is 30.2. The minimum absolute atomic E-state index is 0.0718. The van der Waals surface area contributed by atoms with Crippen molar-refractivity contribution in [3.63, 3.8) is 0 Å². The molecule has 0 spiro atoms. The van der Waals surface area contributed by atoms with Crippen molar-refractivity contribution in [2.75, 3.05) is 20.3 Å². The van der Waals surface area contributed by atoms with Crippen molar-refractivity contribution in [1.82, 2.24) is 15.1 Å². The van der Waals surface area contributed by atoms with Crippen molar-refractivity contribution >= 4 is 12.1 Å². The highest BCUT2D eigenvalue weighted by atomic mass is 19.1. The van der Waals surface area contributed by atoms with Crippen molar-refractivity contribution in [2.24, 2.45) is 0 Å². The number of methoxy groups -OCH3 is 1. The lowest BCUT2D eigenvalue weighted by atomic mass is 10.1. The molecule has 1 saturated heterocycles. The largest absolute Gasteiger partial charge is 0.465 e. The molecule has 0 unspecified atom stereocenters. The van der Waals surface area contributed by atoms with E-state index in [2.05, 4.69) is 28.8 Å². The van der Waals surface area contributed by atoms with Gasteiger partial charge in [0.05, 0.1) is 37.2 Å². The third-order valence-electron chi connectivity index (χ3n) is 5.42. The number of nitrogens with zero attached hydrogens (tertiary/aromatic N) is 3. The van der Waals surface area contributed by atoms with Crippen LogP contribution in [-0.2, 0) is 16.0 Å². The molecule has 0 N–H and O–H groups in total. The molecule has 4 rings (SSSR count). The number of halogens is 1. The fraction of sp³-hybridized carbons (Fsp3) is 0.280. The van der Waals surface area contributed by atoms with Crippen LogP contribution in [0.25, 0.3) is 11.3 Å². The first-order valence-electron chi connectivity index (χ1n) is 10.8. The second-order valence-electron chi connectivity index (χ2n) is 8.09. The number of cyclic esters (lactones) is 1. The molecule has 0 aliphatic carbocycles. The monoisotopic (exact) mass is 465 g/mol. The highest BCUT2D eigenvalue weighted by molar-refractivity contribution is 5.90. The zero-order valence-electron chi connectivity index (χ0n) is 19.1. The number of esters is 1. The lowest BCUT2D eigenvalue weighted by Gasteiger charge is -2.17. The Morgan fingerprint density at radius 2 is 1.91 bits per heavy atom. The van der Waals surface area contributed by atoms with E-state index < -0.39 is 17.9 Å². The smallest absolute Gasteiger partial charge is 0.410 e. The molecule has 9 heteroatoms. The van der Waals surface area contributed by atoms with Gasteiger partial charge in [0.2, 0.25) is 0 Å². The molecular weight excluding hydrogens is 441 g/mol. The van der Waals surface area contributed by atoms with E-state index in [4.69, 9.17) is 9.47 Å². The summed E-state index contributed by atoms with van der Waals surface area (Å²) in [5.74, 6) is -0.605. The van der Waals surface area contributed by atoms with Crippen molar-refractivity contribution in [1.29, 1.82) is 0 Å². The van der Waals surface area contributed by atoms with E-state index in [0.29, 0.717) is 23.8 Å². The van der Waals surface area contributed by atoms with Gasteiger partial charge in [-0.3, -0.25) is 0 Å². The van der Waals surface area contributed by atoms with Gasteiger partial charge in [-0.15, -0.1) is 0 Å². The molecule has 176 valence electrons. The maximum absolute atomic E-state index is 14.6. The standard InChI is InChI=1S/C25H24FN3O5/c1-15(2)21-8-9-22(28-27-21)16-4-6-18(7-5-16)34-23-13-19(24(30)32-3)20(26)12-17(23)14-29-10-11-33-25(29)31/h4-9,12-13,15H,10-11,14H2,1-3H3. The molecule has 0 bridgehead atoms. The van der Waals surface area contributed by atoms with Gasteiger partial charge >= 0.3 is 12.1 Å². The molecule has 1 amide bonds. The average molecular weight is 465 g/mol. The van der Waals surface area contributed by atoms with E-state index in [-0.39, 0.29) is 24.5 Å². The van der Waals surface area contributed by atoms with E-state index >= 15 is 0 Å². The molecule has 2 heterocycles. The van der Waals surface area contributed by atoms with Gasteiger partial charge in [-0.25, -0.2) is 14.0 Å². The first kappa shape index (κ1) is 23.2. The molecule has 0 atom stereocenters. The van der Waals surface area contributed by atoms with Gasteiger partial charge in [0.15, 0.2) is 0 Å². The highest BCUT2D eigenvalue weighted by Gasteiger charge is 2.25. The topological polar surface area (TPSA) is 90.8 Å². The van der Waals surface area contributed by atoms with Crippen LogP contribution in [0.1, 0.15) is 41.4 Å². The van der Waals surface area contributed by atoms with Crippen molar-refractivity contribution < 1.29 is 28.2 Å². The molecule has 1 aliphatic rings. The Morgan fingerprint density at radius 3 is 2.50 bits per heavy atom. The summed E-state index contributed by atoms with van der Waals surface area (Å²) in [4.78, 5) is 25.3. The van der Waals surface area contributed by atoms with Crippen molar-refractivity contribution in [2.45, 2.75) is 26.3 Å². The normalized spacial score (nSPS) is 13.2. The van der Waals surface area contributed by atoms with Crippen LogP contribution in [0.2, 0.25) is 0 Å². The maximum Gasteiger partial charge on any atom is 0.410 e. The number of benzene rings is 2. The fourth-order valence-electron chi connectivity index (χ4n) is 3.48. The number of carbonyl (C=O) groups is 2. The summed E-state index contributed by atoms with van der Waals surface area (Å²) in [7, 11) is 1.17. The van der Waals surface area contributed by atoms with Crippen LogP contribution in [0.4, 0.5) is 9.18 Å². The van der Waals surface area contributed by atoms with E-state index in [9.17, 15) is 14.0 Å². The van der Waals surface area contributed by atoms with Gasteiger partial charge in [0, 0.05) is 11.1 Å². The van der Waals surface area contributed by atoms with Crippen LogP contribution in [0, 0.1) is 5.82 Å². The average Bonchev–Trinajstić information content (AvgIpc) is 3.25. The number of hydrogen-bond donors (Lipinski definition) is 0. The summed E-state index contributed by atoms with van der Waals surface area (Å²) in [5.41, 5.74) is 2.62. The lowest BCUT2D eigenvalue weighted by molar-refractivity contribution is 0.0595. The Hall–Kier alpha value is -4.01. The van der Waals surface area contributed by atoms with E-state index in [1.807, 2.05) is 24.3 Å². The van der Waals surface area contributed by atoms with Crippen molar-refractivity contribution in [3.05, 3.63) is 71.2 Å². The van der Waals surface area contributed by atoms with Crippen LogP contribution in [0.15, 0.2) is 48.5 Å². The molecule has 0 radical (unpaired) electrons. The molecule has 1 aromatic heterocycles. The van der Waals surface area contributed by atoms with Crippen LogP contribution < -0.4 is 4.74 Å². The van der Waals surface area contributed by atoms with E-state index in [1.54, 1.807) is 12.1 Å². The summed E-state index contributed by atoms with van der Waals surface area (Å²) in [6.07, 6.45) is -0.489. The van der Waals surface area contributed by atoms with Gasteiger partial charge in [-0.1, -0.05) is 13.8 Å². The minimum atomic E-state index is -0.826. The molecule has 8 nitrogen and oxygen atoms in total. The molecule has 1 aliphatic heterocycles. The molecule has 1 fully saturated rings. The van der Waals surface area contributed by atoms with Crippen LogP contribution in [0.5, 0.6) is 11.5 Å². The zero-order chi connectivity index (χ0) is 24.2. The second kappa shape index (κ2) is 9.86. The Kier molecular flexibility index (Phi) is 6.72. The second-order valence-corrected chi connectivity index (χ2v) is 8.09. The Labute approximate surface area is 196 Å². The third kappa shape index (κ3) is 4.98. The summed E-state index contributed by atoms with van der Waals surface area (Å²) in [5, 5.41) is 8.53. The molecule has 34 heavy (non-hydrogen) atoms. The van der Waals surface area contributed by atoms with E-state index in [1.165, 1.54) is 24.1 Å². The first-order valence-corrected chi connectivity index (χ1v) is 10.8. The predicted molar refractivity (Wildman–Crippen MR) is 121 cm³/mol. The SMILES string of the molecule is COC(=O)c1cc(Oc2ccc(-c3ccc(C(C)C)nn3)cc2)c(CN2CCOC2=O)cc1F. The number of hydrogen-bond acceptors (Lipinski definition) is 7. The number of carbonyl (C=O) groups excluding carboxylic acids is 2. The van der Waals surface area contributed by atoms with Gasteiger partial charge in [0.1, 0.15) is 23.9 Å². The van der Waals surface area contributed by atoms with Gasteiger partial charge in [0.25, 0.3) is 0 Å². The Balaban J connectivity index is 1.60. The summed E-state index contributed by atoms with van der Waals surface area (Å²) >= 11 is 0. The number of ether oxygens (including phenoxy) is 3. The van der Waals surface area contributed by atoms with Crippen LogP contribution in [-0.4, -0.2) is 47.4 Å². The van der Waals surface area contributed by atoms with E-state index in [0.717, 1.165) is 17.0 Å². The molecular formula is C25H24FN3O5. The Morgan fingerprint density at radius 1 is 1.15 bits per heavy atom. The van der Waals surface area contributed by atoms with Gasteiger partial charge < -0.3 is 19.1 Å². The third-order valence-corrected chi connectivity index (χ3v) is 5.42. The fourth-order valence-corrected chi connectivity index (χ4v) is 3.48. The van der Waals surface area contributed by atoms with Crippen LogP contribution >= 0.6 is 0 Å². The lowest BCUT2D eigenvalue weighted by Crippen LogP contribution is -2.24. The molecule has 0 saturated carbocycles. The predicted octanol–water partition coefficient (Wildman–Crippen LogP) is 4.94. The minimum Gasteiger partial charge on any atom is -0.465 e. The highest BCUT2D eigenvalue weighted by Crippen LogP contribution is 2.31. The van der Waals surface area contributed by atoms with Crippen molar-refractivity contribution in [3.8, 4) is 22.8 Å².